The fraction of sp³-hybridized carbons (Fsp3) is 0.394. The first kappa shape index (κ1) is 29.1. The summed E-state index contributed by atoms with van der Waals surface area (Å²) in [5.74, 6) is 1.87. The lowest BCUT2D eigenvalue weighted by Gasteiger charge is -2.39. The molecule has 2 unspecified atom stereocenters. The summed E-state index contributed by atoms with van der Waals surface area (Å²) in [6.45, 7) is 3.09. The Morgan fingerprint density at radius 2 is 1.69 bits per heavy atom. The molecular weight excluding hydrogens is 580 g/mol. The van der Waals surface area contributed by atoms with Crippen molar-refractivity contribution in [3.05, 3.63) is 72.2 Å². The Morgan fingerprint density at radius 1 is 0.978 bits per heavy atom. The monoisotopic (exact) mass is 615 g/mol. The van der Waals surface area contributed by atoms with E-state index in [9.17, 15) is 18.4 Å². The molecule has 1 aliphatic carbocycles. The standard InChI is InChI=1S/C33H35F2N7O3/c1-20-16-24(39-29-30-38-19-27(42(30)11-10-37-29)21-4-7-25(8-5-21)45-33(34)35)6-9-26(20)31(43)40-12-14-41(15-13-40)32(44)28-22-2-3-23(28)18-36-17-22/h4-11,16,19,22-23,28,33,36H,2-3,12-15,17-18H2,1H3,(H,37,39). The van der Waals surface area contributed by atoms with Crippen LogP contribution in [0, 0.1) is 24.7 Å². The largest absolute Gasteiger partial charge is 0.435 e. The lowest BCUT2D eigenvalue weighted by molar-refractivity contribution is -0.140. The molecule has 4 aromatic rings. The van der Waals surface area contributed by atoms with Crippen molar-refractivity contribution in [2.24, 2.45) is 17.8 Å². The molecule has 2 amide bonds. The second-order valence-electron chi connectivity index (χ2n) is 12.1. The molecule has 10 nitrogen and oxygen atoms in total. The molecule has 2 aliphatic heterocycles. The number of piperidine rings is 1. The molecule has 0 radical (unpaired) electrons. The van der Waals surface area contributed by atoms with Gasteiger partial charge in [-0.15, -0.1) is 0 Å². The number of aryl methyl sites for hydroxylation is 1. The van der Waals surface area contributed by atoms with Crippen LogP contribution >= 0.6 is 0 Å². The lowest BCUT2D eigenvalue weighted by atomic mass is 9.85. The highest BCUT2D eigenvalue weighted by Crippen LogP contribution is 2.40. The number of halogens is 2. The molecular formula is C33H35F2N7O3. The molecule has 45 heavy (non-hydrogen) atoms. The third kappa shape index (κ3) is 5.70. The summed E-state index contributed by atoms with van der Waals surface area (Å²) < 4.78 is 31.4. The molecule has 2 aromatic heterocycles. The number of hydrogen-bond acceptors (Lipinski definition) is 7. The van der Waals surface area contributed by atoms with Crippen LogP contribution in [-0.2, 0) is 4.79 Å². The molecule has 2 bridgehead atoms. The van der Waals surface area contributed by atoms with Crippen molar-refractivity contribution in [2.45, 2.75) is 26.4 Å². The van der Waals surface area contributed by atoms with Gasteiger partial charge >= 0.3 is 6.61 Å². The second-order valence-corrected chi connectivity index (χ2v) is 12.1. The highest BCUT2D eigenvalue weighted by atomic mass is 19.3. The molecule has 0 spiro atoms. The number of aromatic nitrogens is 3. The summed E-state index contributed by atoms with van der Waals surface area (Å²) in [5.41, 5.74) is 4.35. The van der Waals surface area contributed by atoms with Gasteiger partial charge in [-0.25, -0.2) is 9.97 Å². The van der Waals surface area contributed by atoms with Crippen LogP contribution in [-0.4, -0.2) is 81.9 Å². The van der Waals surface area contributed by atoms with Crippen LogP contribution in [0.2, 0.25) is 0 Å². The van der Waals surface area contributed by atoms with Gasteiger partial charge in [0.25, 0.3) is 5.91 Å². The number of piperazine rings is 1. The van der Waals surface area contributed by atoms with E-state index < -0.39 is 6.61 Å². The number of rotatable bonds is 7. The molecule has 2 saturated heterocycles. The second kappa shape index (κ2) is 12.1. The average molecular weight is 616 g/mol. The van der Waals surface area contributed by atoms with Crippen LogP contribution in [0.4, 0.5) is 20.3 Å². The van der Waals surface area contributed by atoms with E-state index in [0.717, 1.165) is 48.4 Å². The fourth-order valence-corrected chi connectivity index (χ4v) is 7.14. The smallest absolute Gasteiger partial charge is 0.387 e. The molecule has 12 heteroatoms. The van der Waals surface area contributed by atoms with Gasteiger partial charge in [0.1, 0.15) is 5.75 Å². The number of carbonyl (C=O) groups excluding carboxylic acids is 2. The van der Waals surface area contributed by atoms with Gasteiger partial charge in [-0.1, -0.05) is 0 Å². The number of amides is 2. The van der Waals surface area contributed by atoms with Gasteiger partial charge in [0, 0.05) is 61.3 Å². The number of fused-ring (bicyclic) bond motifs is 3. The number of carbonyl (C=O) groups is 2. The maximum Gasteiger partial charge on any atom is 0.387 e. The predicted molar refractivity (Wildman–Crippen MR) is 165 cm³/mol. The number of imidazole rings is 1. The van der Waals surface area contributed by atoms with Gasteiger partial charge < -0.3 is 25.2 Å². The lowest BCUT2D eigenvalue weighted by Crippen LogP contribution is -2.54. The zero-order chi connectivity index (χ0) is 31.1. The third-order valence-corrected chi connectivity index (χ3v) is 9.42. The Morgan fingerprint density at radius 3 is 2.38 bits per heavy atom. The van der Waals surface area contributed by atoms with Crippen LogP contribution in [0.1, 0.15) is 28.8 Å². The molecule has 1 saturated carbocycles. The number of nitrogens with zero attached hydrogens (tertiary/aromatic N) is 5. The minimum atomic E-state index is -2.88. The van der Waals surface area contributed by atoms with Crippen molar-refractivity contribution in [1.82, 2.24) is 29.5 Å². The normalized spacial score (nSPS) is 21.4. The van der Waals surface area contributed by atoms with E-state index in [1.807, 2.05) is 39.3 Å². The summed E-state index contributed by atoms with van der Waals surface area (Å²) in [5, 5.41) is 6.78. The van der Waals surface area contributed by atoms with Gasteiger partial charge in [-0.2, -0.15) is 8.78 Å². The summed E-state index contributed by atoms with van der Waals surface area (Å²) >= 11 is 0. The molecule has 4 heterocycles. The predicted octanol–water partition coefficient (Wildman–Crippen LogP) is 4.58. The highest BCUT2D eigenvalue weighted by molar-refractivity contribution is 5.96. The minimum Gasteiger partial charge on any atom is -0.435 e. The Bertz CT molecular complexity index is 1700. The number of nitrogens with one attached hydrogen (secondary N) is 2. The molecule has 3 fully saturated rings. The SMILES string of the molecule is Cc1cc(Nc2nccn3c(-c4ccc(OC(F)F)cc4)cnc23)ccc1C(=O)N1CCN(C(=O)C2C3CCC2CNC3)CC1. The quantitative estimate of drug-likeness (QED) is 0.314. The first-order valence-electron chi connectivity index (χ1n) is 15.4. The van der Waals surface area contributed by atoms with Crippen molar-refractivity contribution in [3.8, 4) is 17.0 Å². The Labute approximate surface area is 259 Å². The number of ether oxygens (including phenoxy) is 1. The number of benzene rings is 2. The van der Waals surface area contributed by atoms with Crippen molar-refractivity contribution < 1.29 is 23.1 Å². The number of hydrogen-bond donors (Lipinski definition) is 2. The molecule has 3 aliphatic rings. The van der Waals surface area contributed by atoms with Crippen molar-refractivity contribution in [3.63, 3.8) is 0 Å². The molecule has 2 aromatic carbocycles. The first-order valence-corrected chi connectivity index (χ1v) is 15.4. The first-order chi connectivity index (χ1) is 21.9. The Hall–Kier alpha value is -4.58. The Balaban J connectivity index is 1.01. The van der Waals surface area contributed by atoms with Crippen LogP contribution in [0.5, 0.6) is 5.75 Å². The van der Waals surface area contributed by atoms with Crippen molar-refractivity contribution in [2.75, 3.05) is 44.6 Å². The summed E-state index contributed by atoms with van der Waals surface area (Å²) in [7, 11) is 0. The summed E-state index contributed by atoms with van der Waals surface area (Å²) in [6.07, 6.45) is 7.39. The summed E-state index contributed by atoms with van der Waals surface area (Å²) in [6, 6.07) is 12.0. The van der Waals surface area contributed by atoms with E-state index in [-0.39, 0.29) is 23.5 Å². The van der Waals surface area contributed by atoms with Crippen LogP contribution < -0.4 is 15.4 Å². The van der Waals surface area contributed by atoms with Crippen molar-refractivity contribution in [1.29, 1.82) is 0 Å². The highest BCUT2D eigenvalue weighted by Gasteiger charge is 2.45. The van der Waals surface area contributed by atoms with Gasteiger partial charge in [0.15, 0.2) is 11.5 Å². The topological polar surface area (TPSA) is 104 Å². The fourth-order valence-electron chi connectivity index (χ4n) is 7.14. The zero-order valence-corrected chi connectivity index (χ0v) is 25.0. The third-order valence-electron chi connectivity index (χ3n) is 9.42. The summed E-state index contributed by atoms with van der Waals surface area (Å²) in [4.78, 5) is 39.7. The average Bonchev–Trinajstić information content (AvgIpc) is 3.58. The maximum absolute atomic E-state index is 13.5. The molecule has 234 valence electrons. The van der Waals surface area contributed by atoms with Gasteiger partial charge in [0.05, 0.1) is 11.9 Å². The van der Waals surface area contributed by atoms with Gasteiger partial charge in [0.2, 0.25) is 5.91 Å². The minimum absolute atomic E-state index is 0.0313. The van der Waals surface area contributed by atoms with Gasteiger partial charge in [-0.3, -0.25) is 14.0 Å². The molecule has 7 rings (SSSR count). The Kier molecular flexibility index (Phi) is 7.82. The van der Waals surface area contributed by atoms with E-state index in [1.54, 1.807) is 30.7 Å². The maximum atomic E-state index is 13.5. The van der Waals surface area contributed by atoms with Crippen LogP contribution in [0.15, 0.2) is 61.1 Å². The van der Waals surface area contributed by atoms with E-state index >= 15 is 0 Å². The van der Waals surface area contributed by atoms with E-state index in [0.29, 0.717) is 55.0 Å². The van der Waals surface area contributed by atoms with E-state index in [4.69, 9.17) is 0 Å². The van der Waals surface area contributed by atoms with Crippen molar-refractivity contribution >= 4 is 29.0 Å². The number of anilines is 2. The van der Waals surface area contributed by atoms with E-state index in [1.165, 1.54) is 12.1 Å². The zero-order valence-electron chi connectivity index (χ0n) is 25.0. The van der Waals surface area contributed by atoms with Gasteiger partial charge in [-0.05, 0) is 92.7 Å². The van der Waals surface area contributed by atoms with Crippen LogP contribution in [0.3, 0.4) is 0 Å². The number of alkyl halides is 2. The molecule has 2 N–H and O–H groups in total. The molecule has 2 atom stereocenters. The van der Waals surface area contributed by atoms with Crippen LogP contribution in [0.25, 0.3) is 16.9 Å². The van der Waals surface area contributed by atoms with E-state index in [2.05, 4.69) is 25.3 Å².